The summed E-state index contributed by atoms with van der Waals surface area (Å²) in [4.78, 5) is 12.8. The van der Waals surface area contributed by atoms with Crippen LogP contribution in [0.1, 0.15) is 329 Å². The summed E-state index contributed by atoms with van der Waals surface area (Å²) in [5, 5.41) is 21.4. The molecule has 0 amide bonds. The maximum Gasteiger partial charge on any atom is 0.310 e. The molecule has 0 aromatic rings. The molecule has 3 nitrogen and oxygen atoms in total. The molecule has 0 saturated heterocycles. The highest BCUT2D eigenvalue weighted by Gasteiger charge is 2.69. The van der Waals surface area contributed by atoms with Crippen molar-refractivity contribution >= 4 is 5.97 Å². The van der Waals surface area contributed by atoms with Gasteiger partial charge >= 0.3 is 5.97 Å². The first-order valence-corrected chi connectivity index (χ1v) is 13.9. The van der Waals surface area contributed by atoms with Crippen molar-refractivity contribution in [2.24, 2.45) is 56.7 Å². The molecule has 0 aliphatic heterocycles. The van der Waals surface area contributed by atoms with Crippen LogP contribution < -0.4 is 0 Å². The predicted molar refractivity (Wildman–Crippen MR) is 335 cm³/mol. The summed E-state index contributed by atoms with van der Waals surface area (Å²) in [7, 11) is 0. The zero-order chi connectivity index (χ0) is 24.2. The molecular formula is C60H168O3. The van der Waals surface area contributed by atoms with Crippen molar-refractivity contribution < 1.29 is 15.0 Å². The number of carboxylic acid groups (broad SMARTS) is 1. The van der Waals surface area contributed by atoms with Crippen LogP contribution >= 0.6 is 0 Å². The number of fused-ring (bicyclic) bond motifs is 7. The molecular weight excluding hydrogens is 769 g/mol. The van der Waals surface area contributed by atoms with E-state index in [2.05, 4.69) is 54.5 Å². The molecule has 0 radical (unpaired) electrons. The Kier molecular flexibility index (Phi) is 157. The second-order valence-electron chi connectivity index (χ2n) is 14.5. The summed E-state index contributed by atoms with van der Waals surface area (Å²) < 4.78 is 0. The number of carboxylic acids is 1. The lowest BCUT2D eigenvalue weighted by Gasteiger charge is -2.71. The standard InChI is InChI=1S/C30H48O3.30CH4/c1-18-10-15-30(25(32)33)17-16-28(6)20(24(30)19(18)2)8-9-22-27(5)13-12-23(31)26(3,4)21(27)11-14-29(22,28)7;;;;;;;;;;;;;;;;;;;;;;;;;;;;;;/h8,18-19,21-24,31H,9-17H2,1-7H3,(H,32,33);30*1H4/t18-,19+,21?,22?,23+,24?,27+,28-,29-,30+;;;;;;;;;;;;;;;;;;;;;;;;;;;;;;/m1............................../s1. The third-order valence-electron chi connectivity index (χ3n) is 13.4. The van der Waals surface area contributed by atoms with Crippen molar-refractivity contribution in [1.82, 2.24) is 0 Å². The number of aliphatic hydroxyl groups excluding tert-OH is 1. The van der Waals surface area contributed by atoms with Gasteiger partial charge in [-0.05, 0) is 109 Å². The van der Waals surface area contributed by atoms with E-state index in [-0.39, 0.29) is 256 Å². The van der Waals surface area contributed by atoms with E-state index in [9.17, 15) is 15.0 Å². The van der Waals surface area contributed by atoms with Crippen LogP contribution in [0.25, 0.3) is 0 Å². The number of allylic oxidation sites excluding steroid dienone is 2. The zero-order valence-electron chi connectivity index (χ0n) is 22.2. The third kappa shape index (κ3) is 22.2. The minimum atomic E-state index is -0.557. The Hall–Kier alpha value is -0.830. The molecule has 3 unspecified atom stereocenters. The second-order valence-corrected chi connectivity index (χ2v) is 14.5. The number of hydrogen-bond acceptors (Lipinski definition) is 2. The molecule has 0 aromatic carbocycles. The average molecular weight is 938 g/mol. The van der Waals surface area contributed by atoms with E-state index >= 15 is 0 Å². The molecule has 0 bridgehead atoms. The van der Waals surface area contributed by atoms with Crippen LogP contribution in [-0.2, 0) is 4.79 Å². The van der Waals surface area contributed by atoms with E-state index in [1.54, 1.807) is 0 Å². The highest BCUT2D eigenvalue weighted by Crippen LogP contribution is 2.75. The minimum absolute atomic E-state index is 0. The van der Waals surface area contributed by atoms with Crippen LogP contribution in [0.4, 0.5) is 0 Å². The van der Waals surface area contributed by atoms with Crippen molar-refractivity contribution in [2.75, 3.05) is 0 Å². The fourth-order valence-electron chi connectivity index (χ4n) is 10.8. The van der Waals surface area contributed by atoms with Crippen LogP contribution in [0.2, 0.25) is 0 Å². The van der Waals surface area contributed by atoms with Gasteiger partial charge in [0.15, 0.2) is 0 Å². The molecule has 426 valence electrons. The third-order valence-corrected chi connectivity index (χ3v) is 13.4. The molecule has 2 N–H and O–H groups in total. The van der Waals surface area contributed by atoms with Gasteiger partial charge in [-0.1, -0.05) is 283 Å². The van der Waals surface area contributed by atoms with Gasteiger partial charge in [-0.2, -0.15) is 0 Å². The minimum Gasteiger partial charge on any atom is -0.481 e. The highest BCUT2D eigenvalue weighted by atomic mass is 16.4. The Balaban J connectivity index is -0.0000000190. The normalized spacial score (nSPS) is 29.0. The lowest BCUT2D eigenvalue weighted by molar-refractivity contribution is -0.206. The van der Waals surface area contributed by atoms with Crippen molar-refractivity contribution in [3.8, 4) is 0 Å². The molecule has 4 fully saturated rings. The number of aliphatic hydroxyl groups is 1. The molecule has 5 aliphatic carbocycles. The molecule has 5 rings (SSSR count). The van der Waals surface area contributed by atoms with E-state index < -0.39 is 11.4 Å². The average Bonchev–Trinajstić information content (AvgIpc) is 2.74. The number of hydrogen-bond donors (Lipinski definition) is 2. The van der Waals surface area contributed by atoms with E-state index in [1.165, 1.54) is 18.4 Å². The first kappa shape index (κ1) is 178. The topological polar surface area (TPSA) is 57.5 Å². The smallest absolute Gasteiger partial charge is 0.310 e. The number of rotatable bonds is 1. The number of carbonyl (C=O) groups is 1. The Labute approximate surface area is 422 Å². The molecule has 5 aliphatic rings. The monoisotopic (exact) mass is 937 g/mol. The first-order valence-electron chi connectivity index (χ1n) is 13.9. The fourth-order valence-corrected chi connectivity index (χ4v) is 10.8. The summed E-state index contributed by atoms with van der Waals surface area (Å²) in [5.74, 6) is 1.82. The highest BCUT2D eigenvalue weighted by molar-refractivity contribution is 5.76. The van der Waals surface area contributed by atoms with E-state index in [0.717, 1.165) is 44.9 Å². The van der Waals surface area contributed by atoms with Crippen LogP contribution in [-0.4, -0.2) is 22.3 Å². The summed E-state index contributed by atoms with van der Waals surface area (Å²) in [6.07, 6.45) is 11.6. The SMILES string of the molecule is C.C.C.C.C.C.C.C.C.C.C.C.C.C.C.C.C.C.C.C.C.C.C.C.C.C.C.C.C.C.C[C@@H]1CC[C@]2(C(=O)O)CC[C@]3(C)C(=CCC4[C@@]5(C)CC[C@H](O)C(C)(C)C5CC[C@]43C)C2[C@H]1C. The molecule has 10 atom stereocenters. The van der Waals surface area contributed by atoms with E-state index in [1.807, 2.05) is 0 Å². The van der Waals surface area contributed by atoms with E-state index in [4.69, 9.17) is 0 Å². The molecule has 4 saturated carbocycles. The quantitative estimate of drug-likeness (QED) is 0.258. The summed E-state index contributed by atoms with van der Waals surface area (Å²) in [6, 6.07) is 0. The zero-order valence-corrected chi connectivity index (χ0v) is 22.2. The van der Waals surface area contributed by atoms with Crippen molar-refractivity contribution in [3.05, 3.63) is 11.6 Å². The maximum atomic E-state index is 12.8. The summed E-state index contributed by atoms with van der Waals surface area (Å²) >= 11 is 0. The Morgan fingerprint density at radius 3 is 1.21 bits per heavy atom. The van der Waals surface area contributed by atoms with E-state index in [0.29, 0.717) is 23.7 Å². The molecule has 63 heavy (non-hydrogen) atoms. The van der Waals surface area contributed by atoms with Crippen molar-refractivity contribution in [3.63, 3.8) is 0 Å². The van der Waals surface area contributed by atoms with Crippen LogP contribution in [0.3, 0.4) is 0 Å². The van der Waals surface area contributed by atoms with Gasteiger partial charge in [-0.15, -0.1) is 0 Å². The fraction of sp³-hybridized carbons (Fsp3) is 0.950. The maximum absolute atomic E-state index is 12.8. The van der Waals surface area contributed by atoms with Crippen LogP contribution in [0.5, 0.6) is 0 Å². The van der Waals surface area contributed by atoms with Crippen molar-refractivity contribution in [1.29, 1.82) is 0 Å². The second kappa shape index (κ2) is 55.5. The molecule has 0 aromatic heterocycles. The Morgan fingerprint density at radius 1 is 0.492 bits per heavy atom. The van der Waals surface area contributed by atoms with Gasteiger partial charge < -0.3 is 10.2 Å². The van der Waals surface area contributed by atoms with Crippen LogP contribution in [0.15, 0.2) is 11.6 Å². The summed E-state index contributed by atoms with van der Waals surface area (Å²) in [5.41, 5.74) is 1.46. The largest absolute Gasteiger partial charge is 0.481 e. The van der Waals surface area contributed by atoms with Crippen LogP contribution in [0, 0.1) is 56.7 Å². The lowest BCUT2D eigenvalue weighted by atomic mass is 9.33. The summed E-state index contributed by atoms with van der Waals surface area (Å²) in [6.45, 7) is 17.0. The lowest BCUT2D eigenvalue weighted by Crippen LogP contribution is -2.65. The molecule has 0 heterocycles. The van der Waals surface area contributed by atoms with Crippen molar-refractivity contribution in [2.45, 2.75) is 335 Å². The van der Waals surface area contributed by atoms with Gasteiger partial charge in [-0.3, -0.25) is 4.79 Å². The van der Waals surface area contributed by atoms with Gasteiger partial charge in [-0.25, -0.2) is 0 Å². The number of aliphatic carboxylic acids is 1. The first-order chi connectivity index (χ1) is 15.3. The Morgan fingerprint density at radius 2 is 0.857 bits per heavy atom. The molecule has 0 spiro atoms. The predicted octanol–water partition coefficient (Wildman–Crippen LogP) is 26.2. The van der Waals surface area contributed by atoms with Gasteiger partial charge in [0.1, 0.15) is 0 Å². The van der Waals surface area contributed by atoms with Gasteiger partial charge in [0, 0.05) is 0 Å². The van der Waals surface area contributed by atoms with Gasteiger partial charge in [0.05, 0.1) is 11.5 Å². The molecule has 3 heteroatoms. The van der Waals surface area contributed by atoms with Gasteiger partial charge in [0.25, 0.3) is 0 Å². The Bertz CT molecular complexity index is 877. The van der Waals surface area contributed by atoms with Gasteiger partial charge in [0.2, 0.25) is 0 Å².